The molecule has 12 heavy (non-hydrogen) atoms. The third-order valence-corrected chi connectivity index (χ3v) is 2.39. The van der Waals surface area contributed by atoms with Crippen LogP contribution < -0.4 is 0 Å². The molecule has 3 nitrogen and oxygen atoms in total. The van der Waals surface area contributed by atoms with Crippen LogP contribution in [0.25, 0.3) is 0 Å². The minimum absolute atomic E-state index is 0.614. The van der Waals surface area contributed by atoms with Crippen LogP contribution in [0.4, 0.5) is 0 Å². The summed E-state index contributed by atoms with van der Waals surface area (Å²) < 4.78 is 0. The average Bonchev–Trinajstić information content (AvgIpc) is 2.65. The zero-order chi connectivity index (χ0) is 9.35. The second kappa shape index (κ2) is 3.05. The van der Waals surface area contributed by atoms with Gasteiger partial charge in [-0.15, -0.1) is 0 Å². The van der Waals surface area contributed by atoms with E-state index in [0.29, 0.717) is 12.6 Å². The second-order valence-corrected chi connectivity index (χ2v) is 4.34. The van der Waals surface area contributed by atoms with Crippen molar-refractivity contribution in [1.82, 2.24) is 4.90 Å². The van der Waals surface area contributed by atoms with Gasteiger partial charge in [0.2, 0.25) is 0 Å². The first-order valence-electron chi connectivity index (χ1n) is 4.37. The van der Waals surface area contributed by atoms with Crippen LogP contribution in [0.3, 0.4) is 0 Å². The van der Waals surface area contributed by atoms with E-state index in [-0.39, 0.29) is 0 Å². The molecular weight excluding hydrogens is 154 g/mol. The molecule has 1 aliphatic rings. The van der Waals surface area contributed by atoms with Crippen LogP contribution in [0.1, 0.15) is 26.7 Å². The fourth-order valence-electron chi connectivity index (χ4n) is 1.34. The van der Waals surface area contributed by atoms with Gasteiger partial charge in [-0.25, -0.2) is 0 Å². The molecule has 0 bridgehead atoms. The number of rotatable bonds is 4. The van der Waals surface area contributed by atoms with Crippen LogP contribution in [-0.4, -0.2) is 35.6 Å². The third-order valence-electron chi connectivity index (χ3n) is 2.39. The van der Waals surface area contributed by atoms with Crippen LogP contribution in [0.2, 0.25) is 0 Å². The van der Waals surface area contributed by atoms with Crippen LogP contribution in [0, 0.1) is 5.41 Å². The Morgan fingerprint density at radius 3 is 2.42 bits per heavy atom. The molecule has 0 spiro atoms. The highest BCUT2D eigenvalue weighted by molar-refractivity contribution is 5.73. The Bertz CT molecular complexity index is 185. The molecule has 1 N–H and O–H groups in total. The fraction of sp³-hybridized carbons (Fsp3) is 0.889. The minimum Gasteiger partial charge on any atom is -0.481 e. The summed E-state index contributed by atoms with van der Waals surface area (Å²) in [5, 5.41) is 8.87. The lowest BCUT2D eigenvalue weighted by Gasteiger charge is -2.26. The normalized spacial score (nSPS) is 18.3. The van der Waals surface area contributed by atoms with Crippen molar-refractivity contribution in [3.8, 4) is 0 Å². The van der Waals surface area contributed by atoms with Gasteiger partial charge in [0.1, 0.15) is 0 Å². The van der Waals surface area contributed by atoms with E-state index in [4.69, 9.17) is 5.11 Å². The molecule has 0 unspecified atom stereocenters. The van der Waals surface area contributed by atoms with Crippen molar-refractivity contribution in [2.75, 3.05) is 13.6 Å². The lowest BCUT2D eigenvalue weighted by molar-refractivity contribution is -0.147. The summed E-state index contributed by atoms with van der Waals surface area (Å²) in [6.07, 6.45) is 2.46. The van der Waals surface area contributed by atoms with E-state index in [2.05, 4.69) is 4.90 Å². The Hall–Kier alpha value is -0.570. The molecule has 3 heteroatoms. The zero-order valence-corrected chi connectivity index (χ0v) is 8.00. The maximum Gasteiger partial charge on any atom is 0.310 e. The summed E-state index contributed by atoms with van der Waals surface area (Å²) in [5.74, 6) is -0.713. The van der Waals surface area contributed by atoms with Crippen molar-refractivity contribution < 1.29 is 9.90 Å². The molecule has 1 aliphatic carbocycles. The van der Waals surface area contributed by atoms with Crippen molar-refractivity contribution in [3.05, 3.63) is 0 Å². The molecule has 0 aliphatic heterocycles. The lowest BCUT2D eigenvalue weighted by Crippen LogP contribution is -2.38. The first kappa shape index (κ1) is 9.52. The van der Waals surface area contributed by atoms with Crippen molar-refractivity contribution in [3.63, 3.8) is 0 Å². The van der Waals surface area contributed by atoms with Crippen LogP contribution in [-0.2, 0) is 4.79 Å². The summed E-state index contributed by atoms with van der Waals surface area (Å²) in [6, 6.07) is 0.642. The number of hydrogen-bond donors (Lipinski definition) is 1. The van der Waals surface area contributed by atoms with Gasteiger partial charge in [0.25, 0.3) is 0 Å². The maximum atomic E-state index is 10.8. The minimum atomic E-state index is -0.713. The molecule has 0 radical (unpaired) electrons. The largest absolute Gasteiger partial charge is 0.481 e. The van der Waals surface area contributed by atoms with E-state index in [0.717, 1.165) is 0 Å². The van der Waals surface area contributed by atoms with Gasteiger partial charge in [-0.1, -0.05) is 0 Å². The molecule has 0 amide bonds. The molecule has 0 atom stereocenters. The van der Waals surface area contributed by atoms with Crippen LogP contribution in [0.15, 0.2) is 0 Å². The summed E-state index contributed by atoms with van der Waals surface area (Å²) in [5.41, 5.74) is -0.614. The fourth-order valence-corrected chi connectivity index (χ4v) is 1.34. The monoisotopic (exact) mass is 171 g/mol. The maximum absolute atomic E-state index is 10.8. The number of nitrogens with zero attached hydrogens (tertiary/aromatic N) is 1. The molecule has 0 saturated heterocycles. The Morgan fingerprint density at radius 2 is 2.08 bits per heavy atom. The lowest BCUT2D eigenvalue weighted by atomic mass is 9.93. The van der Waals surface area contributed by atoms with E-state index >= 15 is 0 Å². The average molecular weight is 171 g/mol. The predicted molar refractivity (Wildman–Crippen MR) is 47.1 cm³/mol. The number of aliphatic carboxylic acids is 1. The number of carboxylic acid groups (broad SMARTS) is 1. The van der Waals surface area contributed by atoms with E-state index in [1.54, 1.807) is 13.8 Å². The Labute approximate surface area is 73.4 Å². The Balaban J connectivity index is 2.42. The summed E-state index contributed by atoms with van der Waals surface area (Å²) in [7, 11) is 2.00. The first-order chi connectivity index (χ1) is 5.43. The molecule has 70 valence electrons. The van der Waals surface area contributed by atoms with E-state index in [1.807, 2.05) is 7.05 Å². The number of carboxylic acids is 1. The topological polar surface area (TPSA) is 40.5 Å². The summed E-state index contributed by atoms with van der Waals surface area (Å²) in [6.45, 7) is 4.19. The highest BCUT2D eigenvalue weighted by atomic mass is 16.4. The highest BCUT2D eigenvalue weighted by Crippen LogP contribution is 2.28. The van der Waals surface area contributed by atoms with Gasteiger partial charge in [-0.05, 0) is 33.7 Å². The quantitative estimate of drug-likeness (QED) is 0.690. The van der Waals surface area contributed by atoms with Crippen LogP contribution >= 0.6 is 0 Å². The molecule has 1 fully saturated rings. The second-order valence-electron chi connectivity index (χ2n) is 4.34. The third kappa shape index (κ3) is 2.21. The standard InChI is InChI=1S/C9H17NO2/c1-9(2,8(11)12)6-10(3)7-4-5-7/h7H,4-6H2,1-3H3,(H,11,12). The Kier molecular flexibility index (Phi) is 2.42. The van der Waals surface area contributed by atoms with E-state index in [1.165, 1.54) is 12.8 Å². The summed E-state index contributed by atoms with van der Waals surface area (Å²) in [4.78, 5) is 12.9. The molecular formula is C9H17NO2. The molecule has 1 saturated carbocycles. The molecule has 0 aromatic carbocycles. The predicted octanol–water partition coefficient (Wildman–Crippen LogP) is 1.19. The van der Waals surface area contributed by atoms with Crippen molar-refractivity contribution in [2.45, 2.75) is 32.7 Å². The summed E-state index contributed by atoms with van der Waals surface area (Å²) >= 11 is 0. The smallest absolute Gasteiger partial charge is 0.310 e. The van der Waals surface area contributed by atoms with Gasteiger partial charge < -0.3 is 10.0 Å². The van der Waals surface area contributed by atoms with Gasteiger partial charge >= 0.3 is 5.97 Å². The van der Waals surface area contributed by atoms with Crippen LogP contribution in [0.5, 0.6) is 0 Å². The highest BCUT2D eigenvalue weighted by Gasteiger charge is 2.34. The molecule has 0 heterocycles. The van der Waals surface area contributed by atoms with Gasteiger partial charge in [0.05, 0.1) is 5.41 Å². The molecule has 1 rings (SSSR count). The van der Waals surface area contributed by atoms with Crippen molar-refractivity contribution >= 4 is 5.97 Å². The number of carbonyl (C=O) groups is 1. The number of hydrogen-bond acceptors (Lipinski definition) is 2. The molecule has 0 aromatic rings. The van der Waals surface area contributed by atoms with E-state index in [9.17, 15) is 4.79 Å². The zero-order valence-electron chi connectivity index (χ0n) is 8.00. The van der Waals surface area contributed by atoms with Crippen molar-refractivity contribution in [1.29, 1.82) is 0 Å². The molecule has 0 aromatic heterocycles. The van der Waals surface area contributed by atoms with Gasteiger partial charge in [0.15, 0.2) is 0 Å². The van der Waals surface area contributed by atoms with Gasteiger partial charge in [0, 0.05) is 12.6 Å². The Morgan fingerprint density at radius 1 is 1.58 bits per heavy atom. The van der Waals surface area contributed by atoms with Crippen molar-refractivity contribution in [2.24, 2.45) is 5.41 Å². The first-order valence-corrected chi connectivity index (χ1v) is 4.37. The van der Waals surface area contributed by atoms with Gasteiger partial charge in [-0.2, -0.15) is 0 Å². The van der Waals surface area contributed by atoms with E-state index < -0.39 is 11.4 Å². The SMILES string of the molecule is CN(CC(C)(C)C(=O)O)C1CC1. The van der Waals surface area contributed by atoms with Gasteiger partial charge in [-0.3, -0.25) is 4.79 Å².